The van der Waals surface area contributed by atoms with Gasteiger partial charge in [0.25, 0.3) is 0 Å². The van der Waals surface area contributed by atoms with Crippen molar-refractivity contribution in [3.8, 4) is 0 Å². The molecule has 84 valence electrons. The van der Waals surface area contributed by atoms with E-state index < -0.39 is 0 Å². The molecule has 2 N–H and O–H groups in total. The number of halogens is 1. The first-order valence-corrected chi connectivity index (χ1v) is 5.32. The van der Waals surface area contributed by atoms with Gasteiger partial charge in [-0.15, -0.1) is 0 Å². The minimum absolute atomic E-state index is 0.285. The van der Waals surface area contributed by atoms with E-state index in [2.05, 4.69) is 9.97 Å². The summed E-state index contributed by atoms with van der Waals surface area (Å²) in [5, 5.41) is 1.60. The number of hydrogen-bond acceptors (Lipinski definition) is 3. The smallest absolute Gasteiger partial charge is 0.124 e. The predicted molar refractivity (Wildman–Crippen MR) is 64.9 cm³/mol. The maximum atomic E-state index is 13.3. The van der Waals surface area contributed by atoms with Gasteiger partial charge in [0, 0.05) is 23.5 Å². The molecule has 17 heavy (non-hydrogen) atoms. The second-order valence-electron chi connectivity index (χ2n) is 3.82. The molecule has 0 amide bonds. The van der Waals surface area contributed by atoms with Crippen LogP contribution < -0.4 is 5.73 Å². The third kappa shape index (κ3) is 1.54. The van der Waals surface area contributed by atoms with Crippen molar-refractivity contribution in [3.63, 3.8) is 0 Å². The Balaban J connectivity index is 2.55. The van der Waals surface area contributed by atoms with Gasteiger partial charge in [-0.1, -0.05) is 0 Å². The van der Waals surface area contributed by atoms with Gasteiger partial charge in [0.1, 0.15) is 5.82 Å². The minimum atomic E-state index is -0.285. The quantitative estimate of drug-likeness (QED) is 0.649. The molecule has 3 aromatic rings. The van der Waals surface area contributed by atoms with Crippen LogP contribution >= 0.6 is 0 Å². The first-order valence-electron chi connectivity index (χ1n) is 5.32. The molecule has 0 bridgehead atoms. The maximum Gasteiger partial charge on any atom is 0.124 e. The van der Waals surface area contributed by atoms with Gasteiger partial charge < -0.3 is 5.73 Å². The summed E-state index contributed by atoms with van der Waals surface area (Å²) in [6, 6.07) is 8.23. The van der Waals surface area contributed by atoms with Gasteiger partial charge in [0.15, 0.2) is 0 Å². The van der Waals surface area contributed by atoms with Gasteiger partial charge in [-0.2, -0.15) is 0 Å². The highest BCUT2D eigenvalue weighted by atomic mass is 19.1. The summed E-state index contributed by atoms with van der Waals surface area (Å²) in [6.07, 6.45) is 1.69. The van der Waals surface area contributed by atoms with Crippen molar-refractivity contribution in [2.75, 3.05) is 0 Å². The van der Waals surface area contributed by atoms with Crippen LogP contribution in [0.1, 0.15) is 5.69 Å². The Bertz CT molecular complexity index is 709. The topological polar surface area (TPSA) is 51.8 Å². The average molecular weight is 227 g/mol. The van der Waals surface area contributed by atoms with Crippen molar-refractivity contribution in [2.24, 2.45) is 5.73 Å². The predicted octanol–water partition coefficient (Wildman–Crippen LogP) is 2.38. The van der Waals surface area contributed by atoms with E-state index in [1.807, 2.05) is 12.1 Å². The molecule has 1 aromatic carbocycles. The molecule has 2 aromatic heterocycles. The van der Waals surface area contributed by atoms with Crippen LogP contribution in [0.4, 0.5) is 4.39 Å². The fourth-order valence-corrected chi connectivity index (χ4v) is 2.01. The first-order chi connectivity index (χ1) is 8.29. The Labute approximate surface area is 97.1 Å². The van der Waals surface area contributed by atoms with E-state index in [4.69, 9.17) is 5.73 Å². The molecule has 0 fully saturated rings. The van der Waals surface area contributed by atoms with E-state index in [-0.39, 0.29) is 5.82 Å². The number of fused-ring (bicyclic) bond motifs is 3. The van der Waals surface area contributed by atoms with Crippen molar-refractivity contribution >= 4 is 21.8 Å². The molecular weight excluding hydrogens is 217 g/mol. The average Bonchev–Trinajstić information content (AvgIpc) is 2.38. The fourth-order valence-electron chi connectivity index (χ4n) is 2.01. The fraction of sp³-hybridized carbons (Fsp3) is 0.0769. The summed E-state index contributed by atoms with van der Waals surface area (Å²) in [6.45, 7) is 0.343. The highest BCUT2D eigenvalue weighted by molar-refractivity contribution is 6.04. The molecule has 0 saturated heterocycles. The zero-order chi connectivity index (χ0) is 11.8. The van der Waals surface area contributed by atoms with Gasteiger partial charge in [0.2, 0.25) is 0 Å². The Morgan fingerprint density at radius 1 is 1.18 bits per heavy atom. The number of benzene rings is 1. The second-order valence-corrected chi connectivity index (χ2v) is 3.82. The zero-order valence-corrected chi connectivity index (χ0v) is 9.02. The normalized spacial score (nSPS) is 11.2. The molecule has 4 heteroatoms. The van der Waals surface area contributed by atoms with Gasteiger partial charge in [-0.3, -0.25) is 9.97 Å². The van der Waals surface area contributed by atoms with Crippen LogP contribution in [-0.2, 0) is 6.54 Å². The Morgan fingerprint density at radius 3 is 2.88 bits per heavy atom. The van der Waals surface area contributed by atoms with Crippen LogP contribution in [0.5, 0.6) is 0 Å². The molecule has 0 aliphatic heterocycles. The third-order valence-electron chi connectivity index (χ3n) is 2.78. The maximum absolute atomic E-state index is 13.3. The highest BCUT2D eigenvalue weighted by Crippen LogP contribution is 2.24. The Morgan fingerprint density at radius 2 is 2.06 bits per heavy atom. The second kappa shape index (κ2) is 3.75. The summed E-state index contributed by atoms with van der Waals surface area (Å²) >= 11 is 0. The lowest BCUT2D eigenvalue weighted by Gasteiger charge is -2.06. The molecule has 0 atom stereocenters. The van der Waals surface area contributed by atoms with E-state index in [9.17, 15) is 4.39 Å². The lowest BCUT2D eigenvalue weighted by Crippen LogP contribution is -2.02. The van der Waals surface area contributed by atoms with Crippen molar-refractivity contribution in [1.29, 1.82) is 0 Å². The van der Waals surface area contributed by atoms with Crippen molar-refractivity contribution < 1.29 is 4.39 Å². The molecule has 3 rings (SSSR count). The SMILES string of the molecule is NCc1nc2ccc(F)cc2c2ncccc12. The highest BCUT2D eigenvalue weighted by Gasteiger charge is 2.08. The van der Waals surface area contributed by atoms with Crippen molar-refractivity contribution in [2.45, 2.75) is 6.54 Å². The summed E-state index contributed by atoms with van der Waals surface area (Å²) < 4.78 is 13.3. The van der Waals surface area contributed by atoms with E-state index in [1.165, 1.54) is 12.1 Å². The van der Waals surface area contributed by atoms with Gasteiger partial charge in [0.05, 0.1) is 16.7 Å². The van der Waals surface area contributed by atoms with Crippen LogP contribution in [0, 0.1) is 5.82 Å². The number of nitrogens with zero attached hydrogens (tertiary/aromatic N) is 2. The minimum Gasteiger partial charge on any atom is -0.325 e. The number of pyridine rings is 2. The van der Waals surface area contributed by atoms with E-state index in [1.54, 1.807) is 12.3 Å². The summed E-state index contributed by atoms with van der Waals surface area (Å²) in [5.74, 6) is -0.285. The molecule has 0 spiro atoms. The number of aromatic nitrogens is 2. The van der Waals surface area contributed by atoms with Gasteiger partial charge in [-0.25, -0.2) is 4.39 Å². The van der Waals surface area contributed by atoms with E-state index in [0.717, 1.165) is 27.5 Å². The molecule has 0 aliphatic rings. The van der Waals surface area contributed by atoms with Crippen molar-refractivity contribution in [1.82, 2.24) is 9.97 Å². The summed E-state index contributed by atoms with van der Waals surface area (Å²) in [4.78, 5) is 8.73. The van der Waals surface area contributed by atoms with Gasteiger partial charge in [-0.05, 0) is 30.3 Å². The number of nitrogens with two attached hydrogens (primary N) is 1. The van der Waals surface area contributed by atoms with E-state index >= 15 is 0 Å². The number of rotatable bonds is 1. The van der Waals surface area contributed by atoms with Crippen LogP contribution in [0.2, 0.25) is 0 Å². The largest absolute Gasteiger partial charge is 0.325 e. The third-order valence-corrected chi connectivity index (χ3v) is 2.78. The molecule has 0 radical (unpaired) electrons. The lowest BCUT2D eigenvalue weighted by atomic mass is 10.1. The van der Waals surface area contributed by atoms with Crippen LogP contribution in [0.3, 0.4) is 0 Å². The van der Waals surface area contributed by atoms with Crippen LogP contribution in [-0.4, -0.2) is 9.97 Å². The van der Waals surface area contributed by atoms with Crippen molar-refractivity contribution in [3.05, 3.63) is 48.0 Å². The molecule has 0 unspecified atom stereocenters. The Kier molecular flexibility index (Phi) is 2.23. The van der Waals surface area contributed by atoms with Crippen LogP contribution in [0.25, 0.3) is 21.8 Å². The number of hydrogen-bond donors (Lipinski definition) is 1. The lowest BCUT2D eigenvalue weighted by molar-refractivity contribution is 0.629. The van der Waals surface area contributed by atoms with E-state index in [0.29, 0.717) is 6.54 Å². The molecular formula is C13H10FN3. The standard InChI is InChI=1S/C13H10FN3/c14-8-3-4-11-10(6-8)13-9(2-1-5-16-13)12(7-15)17-11/h1-6H,7,15H2. The zero-order valence-electron chi connectivity index (χ0n) is 9.02. The monoisotopic (exact) mass is 227 g/mol. The molecule has 0 saturated carbocycles. The van der Waals surface area contributed by atoms with Crippen LogP contribution in [0.15, 0.2) is 36.5 Å². The molecule has 3 nitrogen and oxygen atoms in total. The summed E-state index contributed by atoms with van der Waals surface area (Å²) in [7, 11) is 0. The molecule has 0 aliphatic carbocycles. The summed E-state index contributed by atoms with van der Waals surface area (Å²) in [5.41, 5.74) is 7.92. The first kappa shape index (κ1) is 10.1. The Hall–Kier alpha value is -2.07. The van der Waals surface area contributed by atoms with Gasteiger partial charge >= 0.3 is 0 Å². The molecule has 2 heterocycles.